The van der Waals surface area contributed by atoms with Gasteiger partial charge in [0.1, 0.15) is 5.82 Å². The van der Waals surface area contributed by atoms with E-state index < -0.39 is 5.60 Å². The van der Waals surface area contributed by atoms with Crippen molar-refractivity contribution in [3.63, 3.8) is 0 Å². The maximum Gasteiger partial charge on any atom is 0.127 e. The van der Waals surface area contributed by atoms with Crippen LogP contribution in [0, 0.1) is 12.7 Å². The van der Waals surface area contributed by atoms with Crippen molar-refractivity contribution in [2.75, 3.05) is 39.4 Å². The number of hydrogen-bond acceptors (Lipinski definition) is 4. The molecule has 1 saturated heterocycles. The number of nitrogens with zero attached hydrogens (tertiary/aromatic N) is 1. The van der Waals surface area contributed by atoms with Crippen molar-refractivity contribution in [1.29, 1.82) is 0 Å². The summed E-state index contributed by atoms with van der Waals surface area (Å²) >= 11 is 0. The second kappa shape index (κ2) is 7.31. The molecular formula is C16H25FN2O2. The van der Waals surface area contributed by atoms with Crippen molar-refractivity contribution in [2.45, 2.75) is 26.0 Å². The van der Waals surface area contributed by atoms with Crippen molar-refractivity contribution < 1.29 is 14.2 Å². The van der Waals surface area contributed by atoms with Crippen molar-refractivity contribution in [3.05, 3.63) is 35.1 Å². The standard InChI is InChI=1S/C16H25FN2O2/c1-13-3-4-15(17)14(9-13)10-18-11-16(2,20)12-19-5-7-21-8-6-19/h3-4,9,18,20H,5-8,10-12H2,1-2H3. The molecule has 5 heteroatoms. The van der Waals surface area contributed by atoms with Crippen LogP contribution in [0.3, 0.4) is 0 Å². The molecule has 2 rings (SSSR count). The number of aliphatic hydroxyl groups is 1. The lowest BCUT2D eigenvalue weighted by atomic mass is 10.1. The van der Waals surface area contributed by atoms with Crippen LogP contribution in [0.25, 0.3) is 0 Å². The van der Waals surface area contributed by atoms with Gasteiger partial charge >= 0.3 is 0 Å². The Kier molecular flexibility index (Phi) is 5.70. The predicted molar refractivity (Wildman–Crippen MR) is 80.7 cm³/mol. The highest BCUT2D eigenvalue weighted by molar-refractivity contribution is 5.23. The summed E-state index contributed by atoms with van der Waals surface area (Å²) in [5, 5.41) is 13.6. The topological polar surface area (TPSA) is 44.7 Å². The lowest BCUT2D eigenvalue weighted by Gasteiger charge is -2.34. The molecular weight excluding hydrogens is 271 g/mol. The summed E-state index contributed by atoms with van der Waals surface area (Å²) < 4.78 is 18.9. The van der Waals surface area contributed by atoms with E-state index in [9.17, 15) is 9.50 Å². The van der Waals surface area contributed by atoms with E-state index >= 15 is 0 Å². The minimum absolute atomic E-state index is 0.207. The molecule has 1 aliphatic rings. The second-order valence-electron chi connectivity index (χ2n) is 6.08. The van der Waals surface area contributed by atoms with Gasteiger partial charge in [-0.3, -0.25) is 4.90 Å². The normalized spacial score (nSPS) is 19.4. The molecule has 4 nitrogen and oxygen atoms in total. The number of halogens is 1. The summed E-state index contributed by atoms with van der Waals surface area (Å²) in [6.45, 7) is 8.34. The van der Waals surface area contributed by atoms with Crippen LogP contribution in [0.4, 0.5) is 4.39 Å². The fourth-order valence-corrected chi connectivity index (χ4v) is 2.60. The minimum atomic E-state index is -0.836. The van der Waals surface area contributed by atoms with E-state index in [0.29, 0.717) is 25.2 Å². The van der Waals surface area contributed by atoms with Gasteiger partial charge < -0.3 is 15.2 Å². The van der Waals surface area contributed by atoms with E-state index in [1.165, 1.54) is 6.07 Å². The SMILES string of the molecule is Cc1ccc(F)c(CNCC(C)(O)CN2CCOCC2)c1. The number of morpholine rings is 1. The number of rotatable bonds is 6. The quantitative estimate of drug-likeness (QED) is 0.831. The van der Waals surface area contributed by atoms with E-state index in [0.717, 1.165) is 31.9 Å². The highest BCUT2D eigenvalue weighted by Gasteiger charge is 2.24. The van der Waals surface area contributed by atoms with Crippen LogP contribution in [-0.4, -0.2) is 55.0 Å². The fraction of sp³-hybridized carbons (Fsp3) is 0.625. The monoisotopic (exact) mass is 296 g/mol. The van der Waals surface area contributed by atoms with Gasteiger partial charge in [-0.05, 0) is 19.9 Å². The molecule has 0 bridgehead atoms. The van der Waals surface area contributed by atoms with E-state index in [4.69, 9.17) is 4.74 Å². The highest BCUT2D eigenvalue weighted by atomic mass is 19.1. The van der Waals surface area contributed by atoms with Gasteiger partial charge in [0.25, 0.3) is 0 Å². The smallest absolute Gasteiger partial charge is 0.127 e. The Morgan fingerprint density at radius 2 is 2.10 bits per heavy atom. The maximum atomic E-state index is 13.6. The van der Waals surface area contributed by atoms with Gasteiger partial charge in [0.2, 0.25) is 0 Å². The number of ether oxygens (including phenoxy) is 1. The van der Waals surface area contributed by atoms with Crippen LogP contribution in [0.5, 0.6) is 0 Å². The van der Waals surface area contributed by atoms with Crippen LogP contribution in [0.15, 0.2) is 18.2 Å². The number of benzene rings is 1. The molecule has 0 saturated carbocycles. The van der Waals surface area contributed by atoms with Gasteiger partial charge in [-0.25, -0.2) is 4.39 Å². The molecule has 0 aromatic heterocycles. The summed E-state index contributed by atoms with van der Waals surface area (Å²) in [6, 6.07) is 5.07. The fourth-order valence-electron chi connectivity index (χ4n) is 2.60. The first-order chi connectivity index (χ1) is 9.96. The summed E-state index contributed by atoms with van der Waals surface area (Å²) in [5.74, 6) is -0.207. The average molecular weight is 296 g/mol. The van der Waals surface area contributed by atoms with Gasteiger partial charge in [0.15, 0.2) is 0 Å². The molecule has 1 heterocycles. The molecule has 0 radical (unpaired) electrons. The first kappa shape index (κ1) is 16.4. The number of aryl methyl sites for hydroxylation is 1. The zero-order valence-corrected chi connectivity index (χ0v) is 12.9. The first-order valence-corrected chi connectivity index (χ1v) is 7.44. The minimum Gasteiger partial charge on any atom is -0.388 e. The van der Waals surface area contributed by atoms with Crippen LogP contribution in [0.1, 0.15) is 18.1 Å². The maximum absolute atomic E-state index is 13.6. The van der Waals surface area contributed by atoms with Gasteiger partial charge in [0, 0.05) is 38.3 Å². The third-order valence-corrected chi connectivity index (χ3v) is 3.69. The highest BCUT2D eigenvalue weighted by Crippen LogP contribution is 2.11. The molecule has 21 heavy (non-hydrogen) atoms. The van der Waals surface area contributed by atoms with Gasteiger partial charge in [-0.2, -0.15) is 0 Å². The molecule has 0 spiro atoms. The Labute approximate surface area is 125 Å². The Balaban J connectivity index is 1.79. The number of hydrogen-bond donors (Lipinski definition) is 2. The second-order valence-corrected chi connectivity index (χ2v) is 6.08. The van der Waals surface area contributed by atoms with E-state index in [-0.39, 0.29) is 5.82 Å². The molecule has 1 aliphatic heterocycles. The van der Waals surface area contributed by atoms with E-state index in [2.05, 4.69) is 10.2 Å². The average Bonchev–Trinajstić information content (AvgIpc) is 2.43. The molecule has 118 valence electrons. The van der Waals surface area contributed by atoms with Crippen LogP contribution >= 0.6 is 0 Å². The van der Waals surface area contributed by atoms with Gasteiger partial charge in [-0.1, -0.05) is 17.7 Å². The van der Waals surface area contributed by atoms with Crippen molar-refractivity contribution >= 4 is 0 Å². The third kappa shape index (κ3) is 5.36. The lowest BCUT2D eigenvalue weighted by Crippen LogP contribution is -2.50. The predicted octanol–water partition coefficient (Wildman–Crippen LogP) is 1.31. The number of nitrogens with one attached hydrogen (secondary N) is 1. The van der Waals surface area contributed by atoms with E-state index in [1.807, 2.05) is 19.9 Å². The molecule has 1 aromatic rings. The Hall–Kier alpha value is -1.01. The summed E-state index contributed by atoms with van der Waals surface area (Å²) in [5.41, 5.74) is 0.836. The van der Waals surface area contributed by atoms with Crippen LogP contribution in [-0.2, 0) is 11.3 Å². The molecule has 1 fully saturated rings. The zero-order chi connectivity index (χ0) is 15.3. The zero-order valence-electron chi connectivity index (χ0n) is 12.9. The summed E-state index contributed by atoms with van der Waals surface area (Å²) in [6.07, 6.45) is 0. The summed E-state index contributed by atoms with van der Waals surface area (Å²) in [7, 11) is 0. The Bertz CT molecular complexity index is 460. The van der Waals surface area contributed by atoms with E-state index in [1.54, 1.807) is 6.07 Å². The molecule has 2 N–H and O–H groups in total. The first-order valence-electron chi connectivity index (χ1n) is 7.44. The Morgan fingerprint density at radius 1 is 1.38 bits per heavy atom. The summed E-state index contributed by atoms with van der Waals surface area (Å²) in [4.78, 5) is 2.19. The van der Waals surface area contributed by atoms with Crippen molar-refractivity contribution in [2.24, 2.45) is 0 Å². The molecule has 0 amide bonds. The molecule has 1 atom stereocenters. The molecule has 0 aliphatic carbocycles. The lowest BCUT2D eigenvalue weighted by molar-refractivity contribution is -0.0219. The van der Waals surface area contributed by atoms with Crippen molar-refractivity contribution in [1.82, 2.24) is 10.2 Å². The van der Waals surface area contributed by atoms with Crippen LogP contribution in [0.2, 0.25) is 0 Å². The largest absolute Gasteiger partial charge is 0.388 e. The van der Waals surface area contributed by atoms with Gasteiger partial charge in [0.05, 0.1) is 18.8 Å². The molecule has 1 unspecified atom stereocenters. The van der Waals surface area contributed by atoms with Crippen molar-refractivity contribution in [3.8, 4) is 0 Å². The third-order valence-electron chi connectivity index (χ3n) is 3.69. The number of β-amino-alcohol motifs (C(OH)–C–C–N with tert-alkyl or cyclic N) is 1. The Morgan fingerprint density at radius 3 is 2.81 bits per heavy atom. The molecule has 1 aromatic carbocycles. The van der Waals surface area contributed by atoms with Gasteiger partial charge in [-0.15, -0.1) is 0 Å². The van der Waals surface area contributed by atoms with Crippen LogP contribution < -0.4 is 5.32 Å².